The van der Waals surface area contributed by atoms with E-state index in [1.807, 2.05) is 25.1 Å². The molecule has 0 bridgehead atoms. The highest BCUT2D eigenvalue weighted by molar-refractivity contribution is 7.89. The van der Waals surface area contributed by atoms with E-state index in [4.69, 9.17) is 34.8 Å². The Bertz CT molecular complexity index is 1300. The highest BCUT2D eigenvalue weighted by Gasteiger charge is 2.30. The molecule has 0 aliphatic heterocycles. The zero-order chi connectivity index (χ0) is 25.0. The summed E-state index contributed by atoms with van der Waals surface area (Å²) in [6, 6.07) is 15.7. The second-order valence-corrected chi connectivity index (χ2v) is 11.2. The number of carbonyl (C=O) groups is 1. The van der Waals surface area contributed by atoms with Crippen LogP contribution in [0.15, 0.2) is 59.5 Å². The van der Waals surface area contributed by atoms with E-state index in [1.54, 1.807) is 50.2 Å². The molecule has 0 aliphatic rings. The van der Waals surface area contributed by atoms with Crippen molar-refractivity contribution in [1.29, 1.82) is 0 Å². The molecule has 0 atom stereocenters. The Morgan fingerprint density at radius 3 is 2.15 bits per heavy atom. The summed E-state index contributed by atoms with van der Waals surface area (Å²) in [6.45, 7) is 5.17. The number of aryl methyl sites for hydroxylation is 3. The van der Waals surface area contributed by atoms with E-state index in [1.165, 1.54) is 0 Å². The summed E-state index contributed by atoms with van der Waals surface area (Å²) in [6.07, 6.45) is 0. The Morgan fingerprint density at radius 2 is 1.53 bits per heavy atom. The van der Waals surface area contributed by atoms with Crippen molar-refractivity contribution in [2.75, 3.05) is 6.54 Å². The van der Waals surface area contributed by atoms with Crippen molar-refractivity contribution in [2.24, 2.45) is 0 Å². The molecule has 0 spiro atoms. The Balaban J connectivity index is 1.92. The van der Waals surface area contributed by atoms with Crippen molar-refractivity contribution in [3.63, 3.8) is 0 Å². The van der Waals surface area contributed by atoms with Crippen LogP contribution in [0, 0.1) is 20.8 Å². The molecule has 0 saturated carbocycles. The highest BCUT2D eigenvalue weighted by Crippen LogP contribution is 2.28. The molecule has 0 unspecified atom stereocenters. The van der Waals surface area contributed by atoms with Crippen LogP contribution in [0.5, 0.6) is 0 Å². The zero-order valence-electron chi connectivity index (χ0n) is 19.0. The number of nitrogens with one attached hydrogen (secondary N) is 1. The fraction of sp³-hybridized carbons (Fsp3) is 0.240. The molecule has 1 amide bonds. The molecule has 3 aromatic carbocycles. The number of carbonyl (C=O) groups excluding carboxylic acids is 1. The van der Waals surface area contributed by atoms with Gasteiger partial charge in [-0.3, -0.25) is 4.79 Å². The topological polar surface area (TPSA) is 66.5 Å². The molecule has 9 heteroatoms. The van der Waals surface area contributed by atoms with Gasteiger partial charge in [-0.25, -0.2) is 8.42 Å². The first-order valence-corrected chi connectivity index (χ1v) is 13.1. The molecule has 0 saturated heterocycles. The quantitative estimate of drug-likeness (QED) is 0.377. The number of hydrogen-bond donors (Lipinski definition) is 1. The molecule has 0 heterocycles. The molecule has 0 radical (unpaired) electrons. The van der Waals surface area contributed by atoms with Crippen LogP contribution in [0.2, 0.25) is 15.1 Å². The van der Waals surface area contributed by atoms with E-state index >= 15 is 0 Å². The predicted molar refractivity (Wildman–Crippen MR) is 138 cm³/mol. The Kier molecular flexibility index (Phi) is 8.66. The van der Waals surface area contributed by atoms with Gasteiger partial charge < -0.3 is 5.32 Å². The van der Waals surface area contributed by atoms with E-state index in [0.29, 0.717) is 31.8 Å². The third kappa shape index (κ3) is 6.32. The Labute approximate surface area is 215 Å². The van der Waals surface area contributed by atoms with Crippen molar-refractivity contribution in [2.45, 2.75) is 38.8 Å². The van der Waals surface area contributed by atoms with Crippen LogP contribution in [0.4, 0.5) is 0 Å². The van der Waals surface area contributed by atoms with Gasteiger partial charge in [-0.05, 0) is 61.2 Å². The minimum Gasteiger partial charge on any atom is -0.351 e. The predicted octanol–water partition coefficient (Wildman–Crippen LogP) is 6.08. The van der Waals surface area contributed by atoms with Gasteiger partial charge in [-0.15, -0.1) is 0 Å². The lowest BCUT2D eigenvalue weighted by Gasteiger charge is -2.24. The first-order valence-electron chi connectivity index (χ1n) is 10.5. The first-order chi connectivity index (χ1) is 16.0. The van der Waals surface area contributed by atoms with Crippen LogP contribution in [0.25, 0.3) is 0 Å². The molecule has 0 aliphatic carbocycles. The fourth-order valence-corrected chi connectivity index (χ4v) is 6.14. The van der Waals surface area contributed by atoms with Gasteiger partial charge in [0, 0.05) is 18.1 Å². The molecule has 5 nitrogen and oxygen atoms in total. The van der Waals surface area contributed by atoms with E-state index in [2.05, 4.69) is 5.32 Å². The van der Waals surface area contributed by atoms with Crippen LogP contribution >= 0.6 is 34.8 Å². The van der Waals surface area contributed by atoms with Crippen molar-refractivity contribution in [3.8, 4) is 0 Å². The van der Waals surface area contributed by atoms with E-state index in [0.717, 1.165) is 15.4 Å². The summed E-state index contributed by atoms with van der Waals surface area (Å²) in [5.41, 5.74) is 3.55. The van der Waals surface area contributed by atoms with Crippen molar-refractivity contribution < 1.29 is 13.2 Å². The molecule has 3 aromatic rings. The van der Waals surface area contributed by atoms with Gasteiger partial charge in [-0.1, -0.05) is 76.8 Å². The molecule has 0 fully saturated rings. The van der Waals surface area contributed by atoms with E-state index < -0.39 is 15.9 Å². The van der Waals surface area contributed by atoms with Gasteiger partial charge in [0.05, 0.1) is 21.5 Å². The molecule has 180 valence electrons. The maximum absolute atomic E-state index is 13.8. The number of halogens is 3. The lowest BCUT2D eigenvalue weighted by Crippen LogP contribution is -2.40. The van der Waals surface area contributed by atoms with Gasteiger partial charge >= 0.3 is 0 Å². The maximum Gasteiger partial charge on any atom is 0.244 e. The normalized spacial score (nSPS) is 11.6. The van der Waals surface area contributed by atoms with Gasteiger partial charge in [0.1, 0.15) is 0 Å². The van der Waals surface area contributed by atoms with E-state index in [9.17, 15) is 13.2 Å². The number of hydrogen-bond acceptors (Lipinski definition) is 3. The second-order valence-electron chi connectivity index (χ2n) is 8.12. The van der Waals surface area contributed by atoms with Gasteiger partial charge in [0.25, 0.3) is 0 Å². The molecule has 0 aromatic heterocycles. The lowest BCUT2D eigenvalue weighted by molar-refractivity contribution is -0.121. The maximum atomic E-state index is 13.8. The standard InChI is InChI=1S/C25H25Cl3N2O3S/c1-16-10-17(2)25(18(3)11-16)34(32,33)30(14-19-8-9-22(27)23(28)12-19)15-24(31)29-13-20-6-4-5-7-21(20)26/h4-12H,13-15H2,1-3H3,(H,29,31). The molecule has 3 rings (SSSR count). The van der Waals surface area contributed by atoms with Gasteiger partial charge in [0.2, 0.25) is 15.9 Å². The number of sulfonamides is 1. The average Bonchev–Trinajstić information content (AvgIpc) is 2.74. The van der Waals surface area contributed by atoms with Crippen molar-refractivity contribution in [3.05, 3.63) is 97.5 Å². The average molecular weight is 540 g/mol. The second kappa shape index (κ2) is 11.1. The van der Waals surface area contributed by atoms with Crippen molar-refractivity contribution >= 4 is 50.7 Å². The summed E-state index contributed by atoms with van der Waals surface area (Å²) >= 11 is 18.3. The first kappa shape index (κ1) is 26.5. The van der Waals surface area contributed by atoms with Crippen LogP contribution in [0.1, 0.15) is 27.8 Å². The summed E-state index contributed by atoms with van der Waals surface area (Å²) in [4.78, 5) is 13.0. The van der Waals surface area contributed by atoms with Crippen LogP contribution in [-0.4, -0.2) is 25.2 Å². The monoisotopic (exact) mass is 538 g/mol. The van der Waals surface area contributed by atoms with E-state index in [-0.39, 0.29) is 24.5 Å². The summed E-state index contributed by atoms with van der Waals surface area (Å²) in [5, 5.41) is 3.96. The minimum atomic E-state index is -4.02. The third-order valence-electron chi connectivity index (χ3n) is 5.30. The minimum absolute atomic E-state index is 0.0501. The van der Waals surface area contributed by atoms with Crippen molar-refractivity contribution in [1.82, 2.24) is 9.62 Å². The number of nitrogens with zero attached hydrogens (tertiary/aromatic N) is 1. The summed E-state index contributed by atoms with van der Waals surface area (Å²) < 4.78 is 28.7. The number of benzene rings is 3. The molecule has 34 heavy (non-hydrogen) atoms. The highest BCUT2D eigenvalue weighted by atomic mass is 35.5. The summed E-state index contributed by atoms with van der Waals surface area (Å²) in [5.74, 6) is -0.453. The Hall–Kier alpha value is -2.09. The van der Waals surface area contributed by atoms with Crippen LogP contribution in [0.3, 0.4) is 0 Å². The fourth-order valence-electron chi connectivity index (χ4n) is 3.82. The van der Waals surface area contributed by atoms with Gasteiger partial charge in [-0.2, -0.15) is 4.31 Å². The van der Waals surface area contributed by atoms with Crippen LogP contribution < -0.4 is 5.32 Å². The largest absolute Gasteiger partial charge is 0.351 e. The molecule has 1 N–H and O–H groups in total. The SMILES string of the molecule is Cc1cc(C)c(S(=O)(=O)N(CC(=O)NCc2ccccc2Cl)Cc2ccc(Cl)c(Cl)c2)c(C)c1. The lowest BCUT2D eigenvalue weighted by atomic mass is 10.1. The third-order valence-corrected chi connectivity index (χ3v) is 8.50. The van der Waals surface area contributed by atoms with Gasteiger partial charge in [0.15, 0.2) is 0 Å². The number of amides is 1. The Morgan fingerprint density at radius 1 is 0.882 bits per heavy atom. The smallest absolute Gasteiger partial charge is 0.244 e. The molecular weight excluding hydrogens is 515 g/mol. The number of rotatable bonds is 8. The summed E-state index contributed by atoms with van der Waals surface area (Å²) in [7, 11) is -4.02. The zero-order valence-corrected chi connectivity index (χ0v) is 22.1. The van der Waals surface area contributed by atoms with Crippen LogP contribution in [-0.2, 0) is 27.9 Å². The molecular formula is C25H25Cl3N2O3S.